The third-order valence-electron chi connectivity index (χ3n) is 6.88. The van der Waals surface area contributed by atoms with Crippen molar-refractivity contribution in [2.75, 3.05) is 18.4 Å². The van der Waals surface area contributed by atoms with Crippen molar-refractivity contribution < 1.29 is 19.6 Å². The molecule has 2 bridgehead atoms. The number of hydrogen-bond acceptors (Lipinski definition) is 6. The summed E-state index contributed by atoms with van der Waals surface area (Å²) in [6.45, 7) is 0.181. The monoisotopic (exact) mass is 465 g/mol. The fourth-order valence-electron chi connectivity index (χ4n) is 5.03. The van der Waals surface area contributed by atoms with Crippen molar-refractivity contribution in [2.45, 2.75) is 37.8 Å². The molecule has 2 aliphatic rings. The Balaban J connectivity index is 1.28. The molecule has 2 fully saturated rings. The molecule has 3 amide bonds. The molecule has 1 unspecified atom stereocenters. The van der Waals surface area contributed by atoms with Crippen LogP contribution in [0.1, 0.15) is 36.0 Å². The molecular weight excluding hydrogens is 434 g/mol. The van der Waals surface area contributed by atoms with Crippen LogP contribution in [0.3, 0.4) is 0 Å². The summed E-state index contributed by atoms with van der Waals surface area (Å²) in [6.07, 6.45) is 5.13. The van der Waals surface area contributed by atoms with Crippen LogP contribution in [0.15, 0.2) is 48.5 Å². The van der Waals surface area contributed by atoms with Gasteiger partial charge in [0.15, 0.2) is 0 Å². The standard InChI is InChI=1S/C25H31N5O4/c26-13-22(25(33)30-34)29-24(32)18-5-3-16(4-6-18)17-7-9-20(10-8-17)28-23(31)14-27-21-12-15-1-2-19(21)11-15/h3-10,15,19,21-22,27,34H,1-2,11-14,26H2,(H,28,31)(H,29,32)(H,30,33)/t15?,19-,21-,22+/m1/s1. The van der Waals surface area contributed by atoms with E-state index in [1.165, 1.54) is 31.2 Å². The number of hydroxylamine groups is 1. The quantitative estimate of drug-likeness (QED) is 0.245. The number of rotatable bonds is 9. The van der Waals surface area contributed by atoms with Gasteiger partial charge in [-0.1, -0.05) is 30.7 Å². The van der Waals surface area contributed by atoms with Gasteiger partial charge in [0.05, 0.1) is 6.54 Å². The second kappa shape index (κ2) is 10.8. The molecule has 2 aromatic carbocycles. The van der Waals surface area contributed by atoms with Crippen LogP contribution in [0.5, 0.6) is 0 Å². The first-order chi connectivity index (χ1) is 16.5. The van der Waals surface area contributed by atoms with Crippen LogP contribution < -0.4 is 27.2 Å². The second-order valence-electron chi connectivity index (χ2n) is 9.10. The maximum absolute atomic E-state index is 12.3. The van der Waals surface area contributed by atoms with Gasteiger partial charge in [0.2, 0.25) is 5.91 Å². The Labute approximate surface area is 198 Å². The predicted molar refractivity (Wildman–Crippen MR) is 128 cm³/mol. The van der Waals surface area contributed by atoms with Gasteiger partial charge in [0.1, 0.15) is 6.04 Å². The molecule has 4 atom stereocenters. The zero-order valence-corrected chi connectivity index (χ0v) is 18.9. The van der Waals surface area contributed by atoms with Crippen molar-refractivity contribution >= 4 is 23.4 Å². The molecule has 34 heavy (non-hydrogen) atoms. The SMILES string of the molecule is NC[C@H](NC(=O)c1ccc(-c2ccc(NC(=O)CN[C@@H]3CC4CC[C@@H]3C4)cc2)cc1)C(=O)NO. The average molecular weight is 466 g/mol. The van der Waals surface area contributed by atoms with Crippen LogP contribution in [0, 0.1) is 11.8 Å². The Morgan fingerprint density at radius 2 is 1.65 bits per heavy atom. The molecule has 0 spiro atoms. The minimum Gasteiger partial charge on any atom is -0.339 e. The first-order valence-electron chi connectivity index (χ1n) is 11.7. The topological polar surface area (TPSA) is 146 Å². The van der Waals surface area contributed by atoms with Crippen LogP contribution in [-0.4, -0.2) is 48.1 Å². The maximum Gasteiger partial charge on any atom is 0.267 e. The van der Waals surface area contributed by atoms with E-state index in [1.54, 1.807) is 24.3 Å². The lowest BCUT2D eigenvalue weighted by molar-refractivity contribution is -0.130. The molecule has 0 saturated heterocycles. The number of fused-ring (bicyclic) bond motifs is 2. The summed E-state index contributed by atoms with van der Waals surface area (Å²) in [7, 11) is 0. The van der Waals surface area contributed by atoms with E-state index in [-0.39, 0.29) is 12.5 Å². The van der Waals surface area contributed by atoms with Crippen LogP contribution in [0.2, 0.25) is 0 Å². The molecule has 0 aliphatic heterocycles. The Morgan fingerprint density at radius 3 is 2.21 bits per heavy atom. The Hall–Kier alpha value is -3.27. The summed E-state index contributed by atoms with van der Waals surface area (Å²) in [5.74, 6) is 0.286. The van der Waals surface area contributed by atoms with Crippen molar-refractivity contribution in [3.63, 3.8) is 0 Å². The van der Waals surface area contributed by atoms with E-state index < -0.39 is 17.9 Å². The molecule has 9 nitrogen and oxygen atoms in total. The number of nitrogens with one attached hydrogen (secondary N) is 4. The lowest BCUT2D eigenvalue weighted by Gasteiger charge is -2.22. The smallest absolute Gasteiger partial charge is 0.267 e. The second-order valence-corrected chi connectivity index (χ2v) is 9.10. The zero-order chi connectivity index (χ0) is 24.1. The largest absolute Gasteiger partial charge is 0.339 e. The van der Waals surface area contributed by atoms with Crippen molar-refractivity contribution in [1.82, 2.24) is 16.1 Å². The van der Waals surface area contributed by atoms with Crippen molar-refractivity contribution in [3.05, 3.63) is 54.1 Å². The first kappa shape index (κ1) is 23.9. The summed E-state index contributed by atoms with van der Waals surface area (Å²) < 4.78 is 0. The van der Waals surface area contributed by atoms with E-state index in [0.717, 1.165) is 28.7 Å². The van der Waals surface area contributed by atoms with Gasteiger partial charge in [0, 0.05) is 23.8 Å². The van der Waals surface area contributed by atoms with Gasteiger partial charge in [-0.05, 0) is 66.5 Å². The van der Waals surface area contributed by atoms with E-state index in [9.17, 15) is 14.4 Å². The van der Waals surface area contributed by atoms with Gasteiger partial charge in [-0.15, -0.1) is 0 Å². The highest BCUT2D eigenvalue weighted by Crippen LogP contribution is 2.44. The summed E-state index contributed by atoms with van der Waals surface area (Å²) in [5.41, 5.74) is 9.87. The highest BCUT2D eigenvalue weighted by molar-refractivity contribution is 5.98. The lowest BCUT2D eigenvalue weighted by atomic mass is 9.95. The molecule has 0 aromatic heterocycles. The Morgan fingerprint density at radius 1 is 0.971 bits per heavy atom. The molecule has 0 heterocycles. The summed E-state index contributed by atoms with van der Waals surface area (Å²) in [5, 5.41) is 17.5. The van der Waals surface area contributed by atoms with E-state index in [1.807, 2.05) is 24.3 Å². The highest BCUT2D eigenvalue weighted by atomic mass is 16.5. The lowest BCUT2D eigenvalue weighted by Crippen LogP contribution is -2.50. The predicted octanol–water partition coefficient (Wildman–Crippen LogP) is 1.63. The normalized spacial score (nSPS) is 21.6. The number of carbonyl (C=O) groups excluding carboxylic acids is 3. The van der Waals surface area contributed by atoms with Crippen molar-refractivity contribution in [1.29, 1.82) is 0 Å². The molecule has 2 saturated carbocycles. The van der Waals surface area contributed by atoms with Gasteiger partial charge in [-0.3, -0.25) is 19.6 Å². The van der Waals surface area contributed by atoms with Crippen molar-refractivity contribution in [3.8, 4) is 11.1 Å². The van der Waals surface area contributed by atoms with Crippen LogP contribution >= 0.6 is 0 Å². The van der Waals surface area contributed by atoms with E-state index in [2.05, 4.69) is 16.0 Å². The van der Waals surface area contributed by atoms with Crippen LogP contribution in [0.4, 0.5) is 5.69 Å². The number of hydrogen-bond donors (Lipinski definition) is 6. The zero-order valence-electron chi connectivity index (χ0n) is 18.9. The maximum atomic E-state index is 12.3. The van der Waals surface area contributed by atoms with Crippen LogP contribution in [0.25, 0.3) is 11.1 Å². The van der Waals surface area contributed by atoms with Gasteiger partial charge in [-0.25, -0.2) is 5.48 Å². The molecule has 2 aromatic rings. The Kier molecular flexibility index (Phi) is 7.56. The molecular formula is C25H31N5O4. The number of carbonyl (C=O) groups is 3. The number of amides is 3. The highest BCUT2D eigenvalue weighted by Gasteiger charge is 2.39. The van der Waals surface area contributed by atoms with Gasteiger partial charge < -0.3 is 21.7 Å². The van der Waals surface area contributed by atoms with Crippen LogP contribution in [-0.2, 0) is 9.59 Å². The van der Waals surface area contributed by atoms with E-state index in [4.69, 9.17) is 10.9 Å². The third-order valence-corrected chi connectivity index (χ3v) is 6.88. The molecule has 2 aliphatic carbocycles. The number of benzene rings is 2. The number of anilines is 1. The molecule has 9 heteroatoms. The molecule has 0 radical (unpaired) electrons. The summed E-state index contributed by atoms with van der Waals surface area (Å²) in [4.78, 5) is 36.1. The van der Waals surface area contributed by atoms with Gasteiger partial charge in [-0.2, -0.15) is 0 Å². The summed E-state index contributed by atoms with van der Waals surface area (Å²) >= 11 is 0. The molecule has 180 valence electrons. The minimum atomic E-state index is -1.02. The minimum absolute atomic E-state index is 0.0449. The molecule has 4 rings (SSSR count). The van der Waals surface area contributed by atoms with E-state index >= 15 is 0 Å². The van der Waals surface area contributed by atoms with E-state index in [0.29, 0.717) is 18.2 Å². The summed E-state index contributed by atoms with van der Waals surface area (Å²) in [6, 6.07) is 13.9. The first-order valence-corrected chi connectivity index (χ1v) is 11.7. The fraction of sp³-hybridized carbons (Fsp3) is 0.400. The number of nitrogens with two attached hydrogens (primary N) is 1. The Bertz CT molecular complexity index is 1020. The fourth-order valence-corrected chi connectivity index (χ4v) is 5.03. The van der Waals surface area contributed by atoms with Gasteiger partial charge >= 0.3 is 0 Å². The third kappa shape index (κ3) is 5.61. The van der Waals surface area contributed by atoms with Crippen molar-refractivity contribution in [2.24, 2.45) is 17.6 Å². The average Bonchev–Trinajstić information content (AvgIpc) is 3.50. The van der Waals surface area contributed by atoms with Gasteiger partial charge in [0.25, 0.3) is 11.8 Å². The molecule has 7 N–H and O–H groups in total.